The predicted octanol–water partition coefficient (Wildman–Crippen LogP) is 4.05. The highest BCUT2D eigenvalue weighted by Gasteiger charge is 2.18. The second-order valence-corrected chi connectivity index (χ2v) is 6.99. The van der Waals surface area contributed by atoms with Crippen LogP contribution in [0.15, 0.2) is 30.5 Å². The van der Waals surface area contributed by atoms with Gasteiger partial charge in [-0.2, -0.15) is 0 Å². The summed E-state index contributed by atoms with van der Waals surface area (Å²) in [6.07, 6.45) is 3.14. The summed E-state index contributed by atoms with van der Waals surface area (Å²) in [6.45, 7) is 6.15. The molecule has 0 aliphatic rings. The molecule has 2 N–H and O–H groups in total. The van der Waals surface area contributed by atoms with Crippen LogP contribution in [0, 0.1) is 13.8 Å². The minimum atomic E-state index is -0.00916. The summed E-state index contributed by atoms with van der Waals surface area (Å²) in [5.41, 5.74) is 3.14. The van der Waals surface area contributed by atoms with Crippen molar-refractivity contribution in [2.45, 2.75) is 39.7 Å². The number of hydrogen-bond donors (Lipinski definition) is 2. The molecule has 1 aromatic carbocycles. The maximum atomic E-state index is 12.4. The van der Waals surface area contributed by atoms with Gasteiger partial charge in [0.25, 0.3) is 0 Å². The van der Waals surface area contributed by atoms with E-state index in [-0.39, 0.29) is 11.9 Å². The third-order valence-corrected chi connectivity index (χ3v) is 5.30. The summed E-state index contributed by atoms with van der Waals surface area (Å²) in [5.74, 6) is 0.0344. The lowest BCUT2D eigenvalue weighted by atomic mass is 10.1. The standard InChI is InChI=1S/C18H21N3OS/c1-4-15(18-20-11(2)12(3)23-18)21-17(22)9-13-10-19-16-8-6-5-7-14(13)16/h5-8,10,15,19H,4,9H2,1-3H3,(H,21,22). The molecule has 2 aromatic heterocycles. The Morgan fingerprint density at radius 2 is 2.13 bits per heavy atom. The molecule has 0 spiro atoms. The van der Waals surface area contributed by atoms with Gasteiger partial charge in [-0.15, -0.1) is 11.3 Å². The third kappa shape index (κ3) is 3.29. The second-order valence-electron chi connectivity index (χ2n) is 5.76. The average Bonchev–Trinajstić information content (AvgIpc) is 3.09. The quantitative estimate of drug-likeness (QED) is 0.742. The number of carbonyl (C=O) groups excluding carboxylic acids is 1. The molecule has 2 heterocycles. The van der Waals surface area contributed by atoms with Crippen LogP contribution < -0.4 is 5.32 Å². The number of nitrogens with zero attached hydrogens (tertiary/aromatic N) is 1. The van der Waals surface area contributed by atoms with Crippen molar-refractivity contribution in [2.24, 2.45) is 0 Å². The topological polar surface area (TPSA) is 57.8 Å². The van der Waals surface area contributed by atoms with Crippen molar-refractivity contribution in [1.82, 2.24) is 15.3 Å². The Bertz CT molecular complexity index is 814. The van der Waals surface area contributed by atoms with Crippen molar-refractivity contribution in [3.8, 4) is 0 Å². The summed E-state index contributed by atoms with van der Waals surface area (Å²) in [4.78, 5) is 21.4. The third-order valence-electron chi connectivity index (χ3n) is 4.11. The fourth-order valence-corrected chi connectivity index (χ4v) is 3.74. The first-order valence-corrected chi connectivity index (χ1v) is 8.68. The van der Waals surface area contributed by atoms with Gasteiger partial charge in [0.05, 0.1) is 18.2 Å². The monoisotopic (exact) mass is 327 g/mol. The van der Waals surface area contributed by atoms with Gasteiger partial charge in [0.15, 0.2) is 0 Å². The fourth-order valence-electron chi connectivity index (χ4n) is 2.68. The normalized spacial score (nSPS) is 12.5. The second kappa shape index (κ2) is 6.54. The maximum Gasteiger partial charge on any atom is 0.225 e. The number of aryl methyl sites for hydroxylation is 2. The molecule has 23 heavy (non-hydrogen) atoms. The molecule has 3 rings (SSSR count). The van der Waals surface area contributed by atoms with E-state index >= 15 is 0 Å². The molecule has 1 atom stereocenters. The van der Waals surface area contributed by atoms with Gasteiger partial charge in [0, 0.05) is 22.0 Å². The van der Waals surface area contributed by atoms with Crippen molar-refractivity contribution in [3.63, 3.8) is 0 Å². The van der Waals surface area contributed by atoms with Crippen LogP contribution in [0.25, 0.3) is 10.9 Å². The Kier molecular flexibility index (Phi) is 4.48. The molecule has 0 aliphatic heterocycles. The highest BCUT2D eigenvalue weighted by molar-refractivity contribution is 7.11. The highest BCUT2D eigenvalue weighted by Crippen LogP contribution is 2.25. The molecule has 0 radical (unpaired) electrons. The van der Waals surface area contributed by atoms with Gasteiger partial charge >= 0.3 is 0 Å². The summed E-state index contributed by atoms with van der Waals surface area (Å²) >= 11 is 1.67. The van der Waals surface area contributed by atoms with Gasteiger partial charge in [0.2, 0.25) is 5.91 Å². The molecule has 0 aliphatic carbocycles. The van der Waals surface area contributed by atoms with E-state index in [0.717, 1.165) is 33.6 Å². The van der Waals surface area contributed by atoms with Crippen molar-refractivity contribution < 1.29 is 4.79 Å². The number of thiazole rings is 1. The van der Waals surface area contributed by atoms with Crippen LogP contribution in [0.4, 0.5) is 0 Å². The lowest BCUT2D eigenvalue weighted by Crippen LogP contribution is -2.29. The van der Waals surface area contributed by atoms with Crippen LogP contribution in [0.2, 0.25) is 0 Å². The number of nitrogens with one attached hydrogen (secondary N) is 2. The fraction of sp³-hybridized carbons (Fsp3) is 0.333. The number of benzene rings is 1. The SMILES string of the molecule is CCC(NC(=O)Cc1c[nH]c2ccccc12)c1nc(C)c(C)s1. The minimum absolute atomic E-state index is 0.00916. The molecule has 5 heteroatoms. The van der Waals surface area contributed by atoms with Crippen LogP contribution >= 0.6 is 11.3 Å². The number of aromatic amines is 1. The highest BCUT2D eigenvalue weighted by atomic mass is 32.1. The van der Waals surface area contributed by atoms with E-state index in [9.17, 15) is 4.79 Å². The van der Waals surface area contributed by atoms with Gasteiger partial charge in [0.1, 0.15) is 5.01 Å². The Morgan fingerprint density at radius 3 is 2.83 bits per heavy atom. The Labute approximate surface area is 140 Å². The molecule has 120 valence electrons. The van der Waals surface area contributed by atoms with Crippen LogP contribution in [0.3, 0.4) is 0 Å². The van der Waals surface area contributed by atoms with Gasteiger partial charge in [-0.3, -0.25) is 4.79 Å². The van der Waals surface area contributed by atoms with Crippen molar-refractivity contribution in [3.05, 3.63) is 51.6 Å². The first kappa shape index (κ1) is 15.7. The molecule has 0 fully saturated rings. The minimum Gasteiger partial charge on any atom is -0.361 e. The number of amides is 1. The first-order chi connectivity index (χ1) is 11.1. The van der Waals surface area contributed by atoms with Gasteiger partial charge in [-0.25, -0.2) is 4.98 Å². The summed E-state index contributed by atoms with van der Waals surface area (Å²) in [7, 11) is 0. The van der Waals surface area contributed by atoms with Crippen LogP contribution in [-0.4, -0.2) is 15.9 Å². The molecule has 0 saturated heterocycles. The molecule has 1 amide bonds. The number of para-hydroxylation sites is 1. The largest absolute Gasteiger partial charge is 0.361 e. The van der Waals surface area contributed by atoms with E-state index < -0.39 is 0 Å². The summed E-state index contributed by atoms with van der Waals surface area (Å²) in [6, 6.07) is 8.03. The van der Waals surface area contributed by atoms with Gasteiger partial charge in [-0.1, -0.05) is 25.1 Å². The molecular weight excluding hydrogens is 306 g/mol. The molecule has 0 bridgehead atoms. The Hall–Kier alpha value is -2.14. The average molecular weight is 327 g/mol. The smallest absolute Gasteiger partial charge is 0.225 e. The van der Waals surface area contributed by atoms with Gasteiger partial charge in [-0.05, 0) is 31.9 Å². The van der Waals surface area contributed by atoms with E-state index in [1.54, 1.807) is 11.3 Å². The molecule has 0 saturated carbocycles. The zero-order valence-corrected chi connectivity index (χ0v) is 14.5. The zero-order chi connectivity index (χ0) is 16.4. The maximum absolute atomic E-state index is 12.4. The lowest BCUT2D eigenvalue weighted by molar-refractivity contribution is -0.121. The van der Waals surface area contributed by atoms with E-state index in [1.165, 1.54) is 4.88 Å². The van der Waals surface area contributed by atoms with Crippen molar-refractivity contribution >= 4 is 28.1 Å². The summed E-state index contributed by atoms with van der Waals surface area (Å²) < 4.78 is 0. The number of H-pyrrole nitrogens is 1. The van der Waals surface area contributed by atoms with E-state index in [0.29, 0.717) is 6.42 Å². The lowest BCUT2D eigenvalue weighted by Gasteiger charge is -2.14. The Morgan fingerprint density at radius 1 is 1.35 bits per heavy atom. The number of carbonyl (C=O) groups is 1. The molecule has 1 unspecified atom stereocenters. The van der Waals surface area contributed by atoms with E-state index in [2.05, 4.69) is 29.1 Å². The van der Waals surface area contributed by atoms with Gasteiger partial charge < -0.3 is 10.3 Å². The Balaban J connectivity index is 1.73. The summed E-state index contributed by atoms with van der Waals surface area (Å²) in [5, 5.41) is 5.22. The van der Waals surface area contributed by atoms with Crippen molar-refractivity contribution in [1.29, 1.82) is 0 Å². The number of fused-ring (bicyclic) bond motifs is 1. The number of aromatic nitrogens is 2. The van der Waals surface area contributed by atoms with Crippen LogP contribution in [0.1, 0.15) is 40.5 Å². The first-order valence-electron chi connectivity index (χ1n) is 7.86. The van der Waals surface area contributed by atoms with Crippen LogP contribution in [-0.2, 0) is 11.2 Å². The van der Waals surface area contributed by atoms with Crippen LogP contribution in [0.5, 0.6) is 0 Å². The zero-order valence-electron chi connectivity index (χ0n) is 13.6. The van der Waals surface area contributed by atoms with Crippen molar-refractivity contribution in [2.75, 3.05) is 0 Å². The number of hydrogen-bond acceptors (Lipinski definition) is 3. The molecule has 4 nitrogen and oxygen atoms in total. The van der Waals surface area contributed by atoms with E-state index in [4.69, 9.17) is 0 Å². The molecular formula is C18H21N3OS. The molecule has 3 aromatic rings. The predicted molar refractivity (Wildman–Crippen MR) is 94.8 cm³/mol. The van der Waals surface area contributed by atoms with E-state index in [1.807, 2.05) is 37.4 Å². The number of rotatable bonds is 5.